The summed E-state index contributed by atoms with van der Waals surface area (Å²) in [7, 11) is 0. The van der Waals surface area contributed by atoms with E-state index in [1.54, 1.807) is 6.33 Å². The molecule has 4 atom stereocenters. The van der Waals surface area contributed by atoms with Crippen LogP contribution in [-0.2, 0) is 22.3 Å². The summed E-state index contributed by atoms with van der Waals surface area (Å²) in [5.74, 6) is 0.420. The van der Waals surface area contributed by atoms with Gasteiger partial charge in [-0.25, -0.2) is 15.0 Å². The first-order valence-electron chi connectivity index (χ1n) is 12.8. The second kappa shape index (κ2) is 8.15. The zero-order valence-electron chi connectivity index (χ0n) is 20.8. The third-order valence-electron chi connectivity index (χ3n) is 8.03. The number of halogens is 1. The summed E-state index contributed by atoms with van der Waals surface area (Å²) in [6.07, 6.45) is 9.84. The fraction of sp³-hybridized carbons (Fsp3) is 0.393. The highest BCUT2D eigenvalue weighted by Gasteiger charge is 2.54. The Morgan fingerprint density at radius 1 is 1.08 bits per heavy atom. The Bertz CT molecular complexity index is 1600. The average molecular weight is 517 g/mol. The molecule has 0 radical (unpaired) electrons. The maximum atomic E-state index is 6.52. The van der Waals surface area contributed by atoms with Crippen LogP contribution in [0.1, 0.15) is 49.6 Å². The molecule has 2 fully saturated rings. The minimum absolute atomic E-state index is 0.0574. The van der Waals surface area contributed by atoms with E-state index >= 15 is 0 Å². The highest BCUT2D eigenvalue weighted by molar-refractivity contribution is 6.33. The van der Waals surface area contributed by atoms with E-state index in [-0.39, 0.29) is 24.2 Å². The number of hydrogen-bond donors (Lipinski definition) is 2. The number of aryl methyl sites for hydroxylation is 1. The van der Waals surface area contributed by atoms with Gasteiger partial charge in [-0.15, -0.1) is 0 Å². The Hall–Kier alpha value is -3.20. The van der Waals surface area contributed by atoms with Crippen molar-refractivity contribution in [2.45, 2.75) is 63.6 Å². The summed E-state index contributed by atoms with van der Waals surface area (Å²) in [6.45, 7) is 3.98. The van der Waals surface area contributed by atoms with Gasteiger partial charge in [0.2, 0.25) is 0 Å². The molecule has 0 bridgehead atoms. The quantitative estimate of drug-likeness (QED) is 0.390. The Morgan fingerprint density at radius 3 is 2.78 bits per heavy atom. The van der Waals surface area contributed by atoms with Gasteiger partial charge in [-0.1, -0.05) is 35.9 Å². The van der Waals surface area contributed by atoms with Crippen LogP contribution in [0.5, 0.6) is 0 Å². The lowest BCUT2D eigenvalue weighted by atomic mass is 10.0. The zero-order chi connectivity index (χ0) is 25.5. The normalized spacial score (nSPS) is 26.5. The van der Waals surface area contributed by atoms with Crippen molar-refractivity contribution in [3.05, 3.63) is 58.5 Å². The molecule has 1 aromatic carbocycles. The number of benzene rings is 1. The molecule has 7 rings (SSSR count). The van der Waals surface area contributed by atoms with Crippen LogP contribution >= 0.6 is 11.6 Å². The monoisotopic (exact) mass is 516 g/mol. The molecule has 8 nitrogen and oxygen atoms in total. The number of fused-ring (bicyclic) bond motifs is 5. The molecule has 0 amide bonds. The molecule has 3 aromatic heterocycles. The molecule has 1 saturated carbocycles. The van der Waals surface area contributed by atoms with E-state index in [2.05, 4.69) is 32.8 Å². The lowest BCUT2D eigenvalue weighted by molar-refractivity contribution is -0.158. The number of nitrogen functional groups attached to an aromatic ring is 2. The van der Waals surface area contributed by atoms with E-state index in [0.29, 0.717) is 16.7 Å². The minimum Gasteiger partial charge on any atom is -0.383 e. The number of aromatic nitrogens is 4. The lowest BCUT2D eigenvalue weighted by Crippen LogP contribution is -2.28. The molecule has 0 unspecified atom stereocenters. The van der Waals surface area contributed by atoms with Gasteiger partial charge in [0.05, 0.1) is 28.1 Å². The highest BCUT2D eigenvalue weighted by Crippen LogP contribution is 2.50. The van der Waals surface area contributed by atoms with Crippen LogP contribution in [0.3, 0.4) is 0 Å². The van der Waals surface area contributed by atoms with Crippen molar-refractivity contribution in [1.29, 1.82) is 0 Å². The van der Waals surface area contributed by atoms with Crippen molar-refractivity contribution >= 4 is 51.2 Å². The van der Waals surface area contributed by atoms with Crippen molar-refractivity contribution in [1.82, 2.24) is 19.5 Å². The van der Waals surface area contributed by atoms with Crippen LogP contribution in [0, 0.1) is 5.92 Å². The Morgan fingerprint density at radius 2 is 1.92 bits per heavy atom. The summed E-state index contributed by atoms with van der Waals surface area (Å²) in [5.41, 5.74) is 17.7. The van der Waals surface area contributed by atoms with Gasteiger partial charge in [0, 0.05) is 17.0 Å². The summed E-state index contributed by atoms with van der Waals surface area (Å²) in [5, 5.41) is 2.43. The molecule has 9 heteroatoms. The van der Waals surface area contributed by atoms with Crippen LogP contribution in [0.2, 0.25) is 5.02 Å². The molecule has 4 N–H and O–H groups in total. The van der Waals surface area contributed by atoms with Crippen LogP contribution in [0.15, 0.2) is 36.7 Å². The van der Waals surface area contributed by atoms with Crippen molar-refractivity contribution in [3.63, 3.8) is 0 Å². The standard InChI is InChI=1S/C28H29ClN6O2/c1-28(2)36-23-16(9-7-14-6-8-15-11-18(29)25(30)34-19(15)10-14)12-21(24(23)37-28)35-20-5-3-4-17(20)22-26(31)32-13-33-27(22)35/h6-11,13,16,21,23-24H,3-5,12H2,1-2H3,(H2,30,34)(H2,31,32,33)/b9-7+/t16-,21+,23+,24-/m0/s1. The third-order valence-corrected chi connectivity index (χ3v) is 8.34. The van der Waals surface area contributed by atoms with E-state index in [9.17, 15) is 0 Å². The number of nitrogens with two attached hydrogens (primary N) is 2. The predicted octanol–water partition coefficient (Wildman–Crippen LogP) is 5.08. The minimum atomic E-state index is -0.649. The molecule has 1 saturated heterocycles. The number of anilines is 2. The van der Waals surface area contributed by atoms with E-state index in [1.165, 1.54) is 11.3 Å². The summed E-state index contributed by atoms with van der Waals surface area (Å²) in [4.78, 5) is 13.4. The van der Waals surface area contributed by atoms with Crippen molar-refractivity contribution in [2.75, 3.05) is 11.5 Å². The topological polar surface area (TPSA) is 114 Å². The fourth-order valence-corrected chi connectivity index (χ4v) is 6.71. The van der Waals surface area contributed by atoms with Crippen LogP contribution in [-0.4, -0.2) is 37.5 Å². The van der Waals surface area contributed by atoms with Gasteiger partial charge in [0.15, 0.2) is 5.79 Å². The molecular weight excluding hydrogens is 488 g/mol. The average Bonchev–Trinajstić information content (AvgIpc) is 3.58. The lowest BCUT2D eigenvalue weighted by Gasteiger charge is -2.25. The maximum absolute atomic E-state index is 6.52. The molecule has 2 aliphatic carbocycles. The number of ether oxygens (including phenoxy) is 2. The first kappa shape index (κ1) is 23.0. The number of hydrogen-bond acceptors (Lipinski definition) is 7. The van der Waals surface area contributed by atoms with Crippen molar-refractivity contribution in [2.24, 2.45) is 5.92 Å². The SMILES string of the molecule is CC1(C)O[C@@H]2[C@H](O1)[C@@H](/C=C/c1ccc3cc(Cl)c(N)nc3c1)C[C@H]2n1c2c(c3c(N)ncnc31)CCC2. The zero-order valence-corrected chi connectivity index (χ0v) is 21.6. The number of nitrogens with zero attached hydrogens (tertiary/aromatic N) is 4. The van der Waals surface area contributed by atoms with Gasteiger partial charge < -0.3 is 25.5 Å². The van der Waals surface area contributed by atoms with Gasteiger partial charge in [-0.2, -0.15) is 0 Å². The van der Waals surface area contributed by atoms with Crippen LogP contribution in [0.25, 0.3) is 28.0 Å². The highest BCUT2D eigenvalue weighted by atomic mass is 35.5. The molecule has 37 heavy (non-hydrogen) atoms. The smallest absolute Gasteiger partial charge is 0.163 e. The van der Waals surface area contributed by atoms with E-state index in [1.807, 2.05) is 32.0 Å². The molecule has 1 aliphatic heterocycles. The summed E-state index contributed by atoms with van der Waals surface area (Å²) < 4.78 is 15.4. The van der Waals surface area contributed by atoms with Gasteiger partial charge in [-0.3, -0.25) is 0 Å². The van der Waals surface area contributed by atoms with Gasteiger partial charge >= 0.3 is 0 Å². The molecular formula is C28H29ClN6O2. The largest absolute Gasteiger partial charge is 0.383 e. The second-order valence-corrected chi connectivity index (χ2v) is 11.2. The molecule has 4 heterocycles. The third kappa shape index (κ3) is 3.61. The first-order chi connectivity index (χ1) is 17.8. The van der Waals surface area contributed by atoms with E-state index in [4.69, 9.17) is 37.5 Å². The maximum Gasteiger partial charge on any atom is 0.163 e. The first-order valence-corrected chi connectivity index (χ1v) is 13.2. The Balaban J connectivity index is 1.27. The van der Waals surface area contributed by atoms with Gasteiger partial charge in [-0.05, 0) is 62.8 Å². The van der Waals surface area contributed by atoms with E-state index < -0.39 is 5.79 Å². The van der Waals surface area contributed by atoms with Crippen molar-refractivity contribution in [3.8, 4) is 0 Å². The van der Waals surface area contributed by atoms with Crippen LogP contribution < -0.4 is 11.5 Å². The molecule has 190 valence electrons. The Kier molecular flexibility index (Phi) is 5.06. The summed E-state index contributed by atoms with van der Waals surface area (Å²) in [6, 6.07) is 8.07. The number of pyridine rings is 1. The Labute approximate surface area is 219 Å². The fourth-order valence-electron chi connectivity index (χ4n) is 6.55. The second-order valence-electron chi connectivity index (χ2n) is 10.8. The van der Waals surface area contributed by atoms with Crippen LogP contribution in [0.4, 0.5) is 11.6 Å². The van der Waals surface area contributed by atoms with Crippen molar-refractivity contribution < 1.29 is 9.47 Å². The molecule has 3 aliphatic rings. The summed E-state index contributed by atoms with van der Waals surface area (Å²) >= 11 is 6.14. The number of rotatable bonds is 3. The predicted molar refractivity (Wildman–Crippen MR) is 145 cm³/mol. The molecule has 0 spiro atoms. The van der Waals surface area contributed by atoms with E-state index in [0.717, 1.165) is 53.2 Å². The van der Waals surface area contributed by atoms with Gasteiger partial charge in [0.25, 0.3) is 0 Å². The molecule has 4 aromatic rings. The van der Waals surface area contributed by atoms with Gasteiger partial charge in [0.1, 0.15) is 29.7 Å².